The van der Waals surface area contributed by atoms with Crippen LogP contribution in [0.3, 0.4) is 0 Å². The smallest absolute Gasteiger partial charge is 0.220 e. The predicted molar refractivity (Wildman–Crippen MR) is 78.2 cm³/mol. The monoisotopic (exact) mass is 285 g/mol. The van der Waals surface area contributed by atoms with E-state index in [4.69, 9.17) is 5.11 Å². The molecule has 5 nitrogen and oxygen atoms in total. The molecule has 2 unspecified atom stereocenters. The highest BCUT2D eigenvalue weighted by Gasteiger charge is 2.16. The average molecular weight is 285 g/mol. The number of rotatable bonds is 8. The van der Waals surface area contributed by atoms with Gasteiger partial charge in [0.25, 0.3) is 0 Å². The standard InChI is InChI=1S/C13H23N3O2S/c1-10(12(9-17)19-3)15-13(18)5-4-7-16-8-6-14-11(16)2/h6,8,10,12,17H,4-5,7,9H2,1-3H3,(H,15,18). The third-order valence-corrected chi connectivity index (χ3v) is 4.32. The fourth-order valence-corrected chi connectivity index (χ4v) is 2.53. The van der Waals surface area contributed by atoms with E-state index in [0.29, 0.717) is 6.42 Å². The van der Waals surface area contributed by atoms with E-state index in [1.54, 1.807) is 18.0 Å². The topological polar surface area (TPSA) is 67.2 Å². The molecule has 2 atom stereocenters. The maximum absolute atomic E-state index is 11.8. The Kier molecular flexibility index (Phi) is 6.94. The lowest BCUT2D eigenvalue weighted by molar-refractivity contribution is -0.121. The van der Waals surface area contributed by atoms with Gasteiger partial charge in [-0.3, -0.25) is 4.79 Å². The van der Waals surface area contributed by atoms with Crippen molar-refractivity contribution >= 4 is 17.7 Å². The average Bonchev–Trinajstić information content (AvgIpc) is 2.76. The fourth-order valence-electron chi connectivity index (χ4n) is 1.91. The number of hydrogen-bond donors (Lipinski definition) is 2. The minimum atomic E-state index is -0.0116. The van der Waals surface area contributed by atoms with Gasteiger partial charge < -0.3 is 15.0 Å². The number of carbonyl (C=O) groups excluding carboxylic acids is 1. The fraction of sp³-hybridized carbons (Fsp3) is 0.692. The summed E-state index contributed by atoms with van der Waals surface area (Å²) in [5.74, 6) is 1.01. The molecule has 0 aromatic carbocycles. The maximum atomic E-state index is 11.8. The maximum Gasteiger partial charge on any atom is 0.220 e. The van der Waals surface area contributed by atoms with Crippen molar-refractivity contribution in [3.05, 3.63) is 18.2 Å². The Hall–Kier alpha value is -1.01. The van der Waals surface area contributed by atoms with E-state index in [1.165, 1.54) is 0 Å². The van der Waals surface area contributed by atoms with Crippen LogP contribution in [0, 0.1) is 6.92 Å². The molecule has 0 aliphatic heterocycles. The normalized spacial score (nSPS) is 14.1. The second-order valence-corrected chi connectivity index (χ2v) is 5.66. The Bertz CT molecular complexity index is 391. The molecule has 2 N–H and O–H groups in total. The Morgan fingerprint density at radius 1 is 1.63 bits per heavy atom. The Labute approximate surface area is 118 Å². The van der Waals surface area contributed by atoms with Gasteiger partial charge in [-0.05, 0) is 26.5 Å². The van der Waals surface area contributed by atoms with Crippen LogP contribution in [-0.4, -0.2) is 44.7 Å². The highest BCUT2D eigenvalue weighted by atomic mass is 32.2. The number of nitrogens with one attached hydrogen (secondary N) is 1. The van der Waals surface area contributed by atoms with Crippen LogP contribution in [0.25, 0.3) is 0 Å². The lowest BCUT2D eigenvalue weighted by atomic mass is 10.2. The van der Waals surface area contributed by atoms with Gasteiger partial charge in [0.1, 0.15) is 5.82 Å². The van der Waals surface area contributed by atoms with Crippen LogP contribution in [0.5, 0.6) is 0 Å². The molecular weight excluding hydrogens is 262 g/mol. The van der Waals surface area contributed by atoms with E-state index >= 15 is 0 Å². The van der Waals surface area contributed by atoms with Crippen LogP contribution in [0.4, 0.5) is 0 Å². The van der Waals surface area contributed by atoms with Crippen molar-refractivity contribution in [2.24, 2.45) is 0 Å². The molecule has 0 fully saturated rings. The van der Waals surface area contributed by atoms with Crippen molar-refractivity contribution in [3.8, 4) is 0 Å². The van der Waals surface area contributed by atoms with Gasteiger partial charge in [0.15, 0.2) is 0 Å². The first-order valence-electron chi connectivity index (χ1n) is 6.49. The van der Waals surface area contributed by atoms with Gasteiger partial charge in [0, 0.05) is 36.7 Å². The van der Waals surface area contributed by atoms with Crippen molar-refractivity contribution < 1.29 is 9.90 Å². The lowest BCUT2D eigenvalue weighted by Gasteiger charge is -2.21. The summed E-state index contributed by atoms with van der Waals surface area (Å²) in [5.41, 5.74) is 0. The molecule has 0 saturated heterocycles. The number of aryl methyl sites for hydroxylation is 2. The van der Waals surface area contributed by atoms with Crippen LogP contribution >= 0.6 is 11.8 Å². The molecule has 1 aromatic heterocycles. The molecule has 0 radical (unpaired) electrons. The first-order valence-corrected chi connectivity index (χ1v) is 7.78. The van der Waals surface area contributed by atoms with Crippen LogP contribution in [0.15, 0.2) is 12.4 Å². The lowest BCUT2D eigenvalue weighted by Crippen LogP contribution is -2.41. The van der Waals surface area contributed by atoms with E-state index in [0.717, 1.165) is 18.8 Å². The Morgan fingerprint density at radius 2 is 2.37 bits per heavy atom. The largest absolute Gasteiger partial charge is 0.395 e. The van der Waals surface area contributed by atoms with Gasteiger partial charge in [-0.2, -0.15) is 11.8 Å². The molecule has 1 rings (SSSR count). The highest BCUT2D eigenvalue weighted by Crippen LogP contribution is 2.10. The summed E-state index contributed by atoms with van der Waals surface area (Å²) >= 11 is 1.57. The van der Waals surface area contributed by atoms with Gasteiger partial charge >= 0.3 is 0 Å². The summed E-state index contributed by atoms with van der Waals surface area (Å²) in [5, 5.41) is 12.1. The summed E-state index contributed by atoms with van der Waals surface area (Å²) in [6.07, 6.45) is 6.91. The third kappa shape index (κ3) is 5.24. The number of amides is 1. The molecule has 108 valence electrons. The first-order chi connectivity index (χ1) is 9.08. The van der Waals surface area contributed by atoms with Gasteiger partial charge in [0.05, 0.1) is 6.61 Å². The van der Waals surface area contributed by atoms with Gasteiger partial charge in [-0.15, -0.1) is 0 Å². The number of aliphatic hydroxyl groups excluding tert-OH is 1. The van der Waals surface area contributed by atoms with Crippen LogP contribution in [0.2, 0.25) is 0 Å². The summed E-state index contributed by atoms with van der Waals surface area (Å²) in [4.78, 5) is 15.9. The SMILES string of the molecule is CSC(CO)C(C)NC(=O)CCCn1ccnc1C. The number of thioether (sulfide) groups is 1. The van der Waals surface area contributed by atoms with Gasteiger partial charge in [-0.1, -0.05) is 0 Å². The van der Waals surface area contributed by atoms with Crippen molar-refractivity contribution in [1.82, 2.24) is 14.9 Å². The van der Waals surface area contributed by atoms with Crippen molar-refractivity contribution in [2.75, 3.05) is 12.9 Å². The predicted octanol–water partition coefficient (Wildman–Crippen LogP) is 1.20. The number of carbonyl (C=O) groups is 1. The molecule has 0 aliphatic rings. The number of nitrogens with zero attached hydrogens (tertiary/aromatic N) is 2. The van der Waals surface area contributed by atoms with Crippen LogP contribution in [0.1, 0.15) is 25.6 Å². The van der Waals surface area contributed by atoms with Gasteiger partial charge in [-0.25, -0.2) is 4.98 Å². The number of aromatic nitrogens is 2. The van der Waals surface area contributed by atoms with E-state index in [9.17, 15) is 4.79 Å². The van der Waals surface area contributed by atoms with Gasteiger partial charge in [0.2, 0.25) is 5.91 Å². The zero-order chi connectivity index (χ0) is 14.3. The molecule has 1 aromatic rings. The molecule has 0 bridgehead atoms. The highest BCUT2D eigenvalue weighted by molar-refractivity contribution is 7.99. The molecule has 0 saturated carbocycles. The van der Waals surface area contributed by atoms with E-state index < -0.39 is 0 Å². The van der Waals surface area contributed by atoms with Crippen LogP contribution < -0.4 is 5.32 Å². The van der Waals surface area contributed by atoms with Crippen molar-refractivity contribution in [2.45, 2.75) is 44.5 Å². The second kappa shape index (κ2) is 8.22. The summed E-state index contributed by atoms with van der Waals surface area (Å²) in [6, 6.07) is -0.0116. The van der Waals surface area contributed by atoms with E-state index in [-0.39, 0.29) is 23.8 Å². The van der Waals surface area contributed by atoms with Crippen molar-refractivity contribution in [1.29, 1.82) is 0 Å². The molecule has 0 aliphatic carbocycles. The zero-order valence-corrected chi connectivity index (χ0v) is 12.6. The summed E-state index contributed by atoms with van der Waals surface area (Å²) in [6.45, 7) is 4.76. The van der Waals surface area contributed by atoms with E-state index in [2.05, 4.69) is 10.3 Å². The summed E-state index contributed by atoms with van der Waals surface area (Å²) < 4.78 is 2.04. The molecule has 1 amide bonds. The Morgan fingerprint density at radius 3 is 2.89 bits per heavy atom. The number of aliphatic hydroxyl groups is 1. The quantitative estimate of drug-likeness (QED) is 0.753. The minimum Gasteiger partial charge on any atom is -0.395 e. The molecule has 1 heterocycles. The van der Waals surface area contributed by atoms with Crippen LogP contribution in [-0.2, 0) is 11.3 Å². The molecular formula is C13H23N3O2S. The van der Waals surface area contributed by atoms with Crippen molar-refractivity contribution in [3.63, 3.8) is 0 Å². The zero-order valence-electron chi connectivity index (χ0n) is 11.8. The molecule has 0 spiro atoms. The first kappa shape index (κ1) is 16.0. The third-order valence-electron chi connectivity index (χ3n) is 3.16. The molecule has 19 heavy (non-hydrogen) atoms. The second-order valence-electron chi connectivity index (χ2n) is 4.58. The minimum absolute atomic E-state index is 0.0116. The summed E-state index contributed by atoms with van der Waals surface area (Å²) in [7, 11) is 0. The Balaban J connectivity index is 2.26. The number of hydrogen-bond acceptors (Lipinski definition) is 4. The van der Waals surface area contributed by atoms with E-state index in [1.807, 2.05) is 30.9 Å². The molecule has 6 heteroatoms. The number of imidazole rings is 1.